The van der Waals surface area contributed by atoms with E-state index >= 15 is 0 Å². The van der Waals surface area contributed by atoms with Crippen LogP contribution in [0.3, 0.4) is 0 Å². The first-order chi connectivity index (χ1) is 40.2. The van der Waals surface area contributed by atoms with E-state index < -0.39 is 97.5 Å². The van der Waals surface area contributed by atoms with Crippen LogP contribution in [0.4, 0.5) is 0 Å². The van der Waals surface area contributed by atoms with Gasteiger partial charge in [-0.25, -0.2) is 9.13 Å². The second-order valence-electron chi connectivity index (χ2n) is 24.9. The highest BCUT2D eigenvalue weighted by Gasteiger charge is 2.30. The number of carbonyl (C=O) groups is 4. The van der Waals surface area contributed by atoms with Crippen LogP contribution in [-0.2, 0) is 65.4 Å². The predicted octanol–water partition coefficient (Wildman–Crippen LogP) is 17.9. The van der Waals surface area contributed by atoms with Crippen LogP contribution >= 0.6 is 15.6 Å². The maximum absolute atomic E-state index is 13.0. The largest absolute Gasteiger partial charge is 0.472 e. The Labute approximate surface area is 511 Å². The SMILES string of the molecule is CCCCCCCCCCCCC(=O)OC[C@H](COP(=O)(O)OC[C@H](O)COP(=O)(O)OC[C@@H](COC(=O)CCCCCCCCCCCC(C)C)OC(=O)CCCCCCCCCCCC(C)C)OC(=O)CCCCCCCCCC(C)C. The molecule has 17 nitrogen and oxygen atoms in total. The van der Waals surface area contributed by atoms with Crippen LogP contribution in [0.2, 0.25) is 0 Å². The van der Waals surface area contributed by atoms with E-state index in [1.807, 2.05) is 0 Å². The van der Waals surface area contributed by atoms with Crippen molar-refractivity contribution < 1.29 is 80.2 Å². The fourth-order valence-corrected chi connectivity index (χ4v) is 11.2. The number of aliphatic hydroxyl groups is 1. The minimum Gasteiger partial charge on any atom is -0.462 e. The Kier molecular flexibility index (Phi) is 55.0. The van der Waals surface area contributed by atoms with Crippen LogP contribution in [0.25, 0.3) is 0 Å². The molecule has 0 saturated carbocycles. The first-order valence-corrected chi connectivity index (χ1v) is 36.8. The van der Waals surface area contributed by atoms with Gasteiger partial charge in [0.05, 0.1) is 26.4 Å². The molecule has 0 aliphatic rings. The lowest BCUT2D eigenvalue weighted by molar-refractivity contribution is -0.161. The number of phosphoric acid groups is 2. The van der Waals surface area contributed by atoms with Crippen LogP contribution in [0.1, 0.15) is 318 Å². The van der Waals surface area contributed by atoms with Gasteiger partial charge in [-0.3, -0.25) is 37.3 Å². The van der Waals surface area contributed by atoms with Gasteiger partial charge in [-0.2, -0.15) is 0 Å². The van der Waals surface area contributed by atoms with Crippen LogP contribution in [0, 0.1) is 17.8 Å². The van der Waals surface area contributed by atoms with E-state index in [0.717, 1.165) is 102 Å². The van der Waals surface area contributed by atoms with Crippen molar-refractivity contribution in [1.29, 1.82) is 0 Å². The molecular weight excluding hydrogens is 1110 g/mol. The third-order valence-corrected chi connectivity index (χ3v) is 16.8. The Morgan fingerprint density at radius 1 is 0.321 bits per heavy atom. The lowest BCUT2D eigenvalue weighted by atomic mass is 10.0. The van der Waals surface area contributed by atoms with Crippen molar-refractivity contribution in [3.8, 4) is 0 Å². The first kappa shape index (κ1) is 82.1. The number of phosphoric ester groups is 2. The zero-order valence-electron chi connectivity index (χ0n) is 54.4. The number of hydrogen-bond acceptors (Lipinski definition) is 15. The maximum Gasteiger partial charge on any atom is 0.472 e. The smallest absolute Gasteiger partial charge is 0.462 e. The van der Waals surface area contributed by atoms with Gasteiger partial charge < -0.3 is 33.8 Å². The van der Waals surface area contributed by atoms with E-state index in [0.29, 0.717) is 31.6 Å². The van der Waals surface area contributed by atoms with Crippen molar-refractivity contribution >= 4 is 39.5 Å². The first-order valence-electron chi connectivity index (χ1n) is 33.8. The van der Waals surface area contributed by atoms with Crippen molar-refractivity contribution in [3.05, 3.63) is 0 Å². The van der Waals surface area contributed by atoms with Gasteiger partial charge in [-0.05, 0) is 43.4 Å². The number of ether oxygens (including phenoxy) is 4. The number of aliphatic hydroxyl groups excluding tert-OH is 1. The number of hydrogen-bond donors (Lipinski definition) is 3. The molecule has 0 saturated heterocycles. The standard InChI is InChI=1S/C65H126O17P2/c1-8-9-10-11-12-13-18-25-32-39-46-62(67)75-53-61(82-65(70)49-42-35-28-21-24-31-38-45-58(6)7)55-80-84(73,74)78-51-59(66)50-77-83(71,72)79-54-60(81-64(69)48-41-34-27-20-15-17-23-30-37-44-57(4)5)52-76-63(68)47-40-33-26-19-14-16-22-29-36-43-56(2)3/h56-61,66H,8-55H2,1-7H3,(H,71,72)(H,73,74)/t59-,60-,61-/m1/s1. The molecule has 19 heteroatoms. The Hall–Kier alpha value is -1.94. The molecule has 0 bridgehead atoms. The summed E-state index contributed by atoms with van der Waals surface area (Å²) >= 11 is 0. The fourth-order valence-electron chi connectivity index (χ4n) is 9.66. The van der Waals surface area contributed by atoms with Crippen LogP contribution < -0.4 is 0 Å². The second-order valence-corrected chi connectivity index (χ2v) is 27.8. The van der Waals surface area contributed by atoms with Gasteiger partial charge in [-0.15, -0.1) is 0 Å². The van der Waals surface area contributed by atoms with Crippen molar-refractivity contribution in [2.75, 3.05) is 39.6 Å². The molecule has 498 valence electrons. The molecule has 0 radical (unpaired) electrons. The van der Waals surface area contributed by atoms with Gasteiger partial charge >= 0.3 is 39.5 Å². The van der Waals surface area contributed by atoms with Gasteiger partial charge in [0.1, 0.15) is 19.3 Å². The summed E-state index contributed by atoms with van der Waals surface area (Å²) in [4.78, 5) is 72.2. The molecule has 0 aromatic heterocycles. The van der Waals surface area contributed by atoms with Gasteiger partial charge in [0.15, 0.2) is 12.2 Å². The molecule has 0 aromatic rings. The lowest BCUT2D eigenvalue weighted by Gasteiger charge is -2.21. The van der Waals surface area contributed by atoms with Crippen molar-refractivity contribution in [1.82, 2.24) is 0 Å². The summed E-state index contributed by atoms with van der Waals surface area (Å²) in [6.45, 7) is 11.7. The highest BCUT2D eigenvalue weighted by molar-refractivity contribution is 7.47. The van der Waals surface area contributed by atoms with E-state index in [1.54, 1.807) is 0 Å². The number of carbonyl (C=O) groups excluding carboxylic acids is 4. The Morgan fingerprint density at radius 2 is 0.548 bits per heavy atom. The second kappa shape index (κ2) is 56.3. The minimum absolute atomic E-state index is 0.103. The van der Waals surface area contributed by atoms with E-state index in [2.05, 4.69) is 48.5 Å². The molecule has 2 unspecified atom stereocenters. The summed E-state index contributed by atoms with van der Waals surface area (Å²) in [6, 6.07) is 0. The Bertz CT molecular complexity index is 1660. The molecule has 0 aliphatic heterocycles. The third kappa shape index (κ3) is 59.0. The highest BCUT2D eigenvalue weighted by atomic mass is 31.2. The summed E-state index contributed by atoms with van der Waals surface area (Å²) in [6.07, 6.45) is 37.6. The molecule has 0 aromatic carbocycles. The third-order valence-electron chi connectivity index (χ3n) is 14.9. The van der Waals surface area contributed by atoms with Gasteiger partial charge in [0.25, 0.3) is 0 Å². The topological polar surface area (TPSA) is 237 Å². The van der Waals surface area contributed by atoms with Crippen molar-refractivity contribution in [2.24, 2.45) is 17.8 Å². The van der Waals surface area contributed by atoms with E-state index in [4.69, 9.17) is 37.0 Å². The molecule has 3 N–H and O–H groups in total. The summed E-state index contributed by atoms with van der Waals surface area (Å²) in [5.41, 5.74) is 0. The Balaban J connectivity index is 5.25. The van der Waals surface area contributed by atoms with Crippen LogP contribution in [-0.4, -0.2) is 96.7 Å². The molecule has 0 heterocycles. The number of rotatable bonds is 63. The Morgan fingerprint density at radius 3 is 0.810 bits per heavy atom. The summed E-state index contributed by atoms with van der Waals surface area (Å²) < 4.78 is 68.0. The molecule has 0 rings (SSSR count). The quantitative estimate of drug-likeness (QED) is 0.0222. The van der Waals surface area contributed by atoms with Gasteiger partial charge in [0, 0.05) is 25.7 Å². The van der Waals surface area contributed by atoms with Crippen molar-refractivity contribution in [2.45, 2.75) is 336 Å². The summed E-state index contributed by atoms with van der Waals surface area (Å²) in [5, 5.41) is 10.5. The van der Waals surface area contributed by atoms with Gasteiger partial charge in [-0.1, -0.05) is 267 Å². The monoisotopic (exact) mass is 1240 g/mol. The zero-order chi connectivity index (χ0) is 62.4. The normalized spacial score (nSPS) is 14.3. The summed E-state index contributed by atoms with van der Waals surface area (Å²) in [7, 11) is -9.89. The van der Waals surface area contributed by atoms with E-state index in [9.17, 15) is 43.2 Å². The highest BCUT2D eigenvalue weighted by Crippen LogP contribution is 2.45. The molecule has 0 amide bonds. The zero-order valence-corrected chi connectivity index (χ0v) is 56.1. The number of esters is 4. The fraction of sp³-hybridized carbons (Fsp3) is 0.938. The summed E-state index contributed by atoms with van der Waals surface area (Å²) in [5.74, 6) is 0.0397. The maximum atomic E-state index is 13.0. The average molecular weight is 1240 g/mol. The van der Waals surface area contributed by atoms with Gasteiger partial charge in [0.2, 0.25) is 0 Å². The molecule has 5 atom stereocenters. The molecular formula is C65H126O17P2. The molecule has 0 spiro atoms. The molecule has 0 aliphatic carbocycles. The van der Waals surface area contributed by atoms with E-state index in [-0.39, 0.29) is 25.7 Å². The average Bonchev–Trinajstić information content (AvgIpc) is 3.47. The molecule has 84 heavy (non-hydrogen) atoms. The van der Waals surface area contributed by atoms with E-state index in [1.165, 1.54) is 128 Å². The molecule has 0 fully saturated rings. The van der Waals surface area contributed by atoms with Crippen molar-refractivity contribution in [3.63, 3.8) is 0 Å². The van der Waals surface area contributed by atoms with Crippen LogP contribution in [0.15, 0.2) is 0 Å². The minimum atomic E-state index is -4.95. The number of unbranched alkanes of at least 4 members (excludes halogenated alkanes) is 31. The lowest BCUT2D eigenvalue weighted by Crippen LogP contribution is -2.30. The van der Waals surface area contributed by atoms with Crippen LogP contribution in [0.5, 0.6) is 0 Å². The predicted molar refractivity (Wildman–Crippen MR) is 335 cm³/mol.